The highest BCUT2D eigenvalue weighted by Crippen LogP contribution is 2.04. The van der Waals surface area contributed by atoms with Gasteiger partial charge in [-0.1, -0.05) is 12.1 Å². The lowest BCUT2D eigenvalue weighted by molar-refractivity contribution is -0.155. The number of hydrogen-bond acceptors (Lipinski definition) is 5. The predicted octanol–water partition coefficient (Wildman–Crippen LogP) is -0.189. The maximum absolute atomic E-state index is 11.5. The van der Waals surface area contributed by atoms with Gasteiger partial charge in [0.05, 0.1) is 24.7 Å². The van der Waals surface area contributed by atoms with Crippen LogP contribution < -0.4 is 10.9 Å². The van der Waals surface area contributed by atoms with Gasteiger partial charge in [-0.25, -0.2) is 4.79 Å². The Balaban J connectivity index is 2.46. The summed E-state index contributed by atoms with van der Waals surface area (Å²) in [5.41, 5.74) is 5.08. The lowest BCUT2D eigenvalue weighted by atomic mass is 10.1. The number of carbonyl (C=O) groups is 3. The maximum Gasteiger partial charge on any atom is 0.398 e. The monoisotopic (exact) mass is 275 g/mol. The Hall–Kier alpha value is -2.88. The van der Waals surface area contributed by atoms with Crippen molar-refractivity contribution in [3.8, 4) is 6.07 Å². The molecular weight excluding hydrogens is 262 g/mol. The van der Waals surface area contributed by atoms with Crippen molar-refractivity contribution in [2.45, 2.75) is 13.3 Å². The van der Waals surface area contributed by atoms with Crippen LogP contribution in [0, 0.1) is 11.3 Å². The molecule has 1 rings (SSSR count). The average Bonchev–Trinajstić information content (AvgIpc) is 2.45. The first-order valence-corrected chi connectivity index (χ1v) is 5.81. The van der Waals surface area contributed by atoms with E-state index in [1.165, 1.54) is 0 Å². The van der Waals surface area contributed by atoms with Crippen LogP contribution in [0.15, 0.2) is 24.3 Å². The molecular formula is C13H13N3O4. The van der Waals surface area contributed by atoms with Gasteiger partial charge in [0.2, 0.25) is 5.91 Å². The Labute approximate surface area is 115 Å². The lowest BCUT2D eigenvalue weighted by Crippen LogP contribution is -2.46. The summed E-state index contributed by atoms with van der Waals surface area (Å²) in [6.45, 7) is 1.63. The maximum atomic E-state index is 11.5. The van der Waals surface area contributed by atoms with Crippen molar-refractivity contribution >= 4 is 17.8 Å². The fourth-order valence-electron chi connectivity index (χ4n) is 1.35. The minimum absolute atomic E-state index is 0.0291. The van der Waals surface area contributed by atoms with Crippen LogP contribution in [0.2, 0.25) is 0 Å². The third-order valence-electron chi connectivity index (χ3n) is 2.20. The zero-order valence-corrected chi connectivity index (χ0v) is 10.8. The highest BCUT2D eigenvalue weighted by Gasteiger charge is 2.15. The second-order valence-electron chi connectivity index (χ2n) is 3.71. The Kier molecular flexibility index (Phi) is 5.72. The molecule has 0 aliphatic carbocycles. The van der Waals surface area contributed by atoms with Crippen LogP contribution in [0.5, 0.6) is 0 Å². The number of esters is 1. The zero-order chi connectivity index (χ0) is 15.0. The fraction of sp³-hybridized carbons (Fsp3) is 0.231. The van der Waals surface area contributed by atoms with Gasteiger partial charge in [0.15, 0.2) is 0 Å². The molecule has 0 bridgehead atoms. The van der Waals surface area contributed by atoms with E-state index in [0.29, 0.717) is 11.1 Å². The molecule has 104 valence electrons. The topological polar surface area (TPSA) is 108 Å². The molecule has 7 heteroatoms. The van der Waals surface area contributed by atoms with E-state index in [1.54, 1.807) is 31.2 Å². The SMILES string of the molecule is CCOC(=O)C(=O)NNC(=O)Cc1cccc(C#N)c1. The molecule has 0 aliphatic heterocycles. The van der Waals surface area contributed by atoms with Crippen LogP contribution >= 0.6 is 0 Å². The fourth-order valence-corrected chi connectivity index (χ4v) is 1.35. The minimum atomic E-state index is -1.07. The molecule has 0 fully saturated rings. The van der Waals surface area contributed by atoms with E-state index in [9.17, 15) is 14.4 Å². The number of carbonyl (C=O) groups excluding carboxylic acids is 3. The summed E-state index contributed by atoms with van der Waals surface area (Å²) in [5, 5.41) is 8.72. The van der Waals surface area contributed by atoms with Crippen LogP contribution in [-0.4, -0.2) is 24.4 Å². The van der Waals surface area contributed by atoms with E-state index in [2.05, 4.69) is 10.2 Å². The van der Waals surface area contributed by atoms with Crippen LogP contribution in [-0.2, 0) is 25.5 Å². The summed E-state index contributed by atoms with van der Waals surface area (Å²) in [7, 11) is 0. The van der Waals surface area contributed by atoms with E-state index >= 15 is 0 Å². The van der Waals surface area contributed by atoms with Crippen molar-refractivity contribution in [1.82, 2.24) is 10.9 Å². The largest absolute Gasteiger partial charge is 0.459 e. The van der Waals surface area contributed by atoms with Crippen LogP contribution in [0.25, 0.3) is 0 Å². The molecule has 0 heterocycles. The first-order chi connectivity index (χ1) is 9.56. The number of amides is 2. The molecule has 0 aromatic heterocycles. The number of ether oxygens (including phenoxy) is 1. The molecule has 20 heavy (non-hydrogen) atoms. The molecule has 1 aromatic carbocycles. The molecule has 1 aromatic rings. The summed E-state index contributed by atoms with van der Waals surface area (Å²) >= 11 is 0. The second kappa shape index (κ2) is 7.53. The number of nitrogens with one attached hydrogen (secondary N) is 2. The zero-order valence-electron chi connectivity index (χ0n) is 10.8. The molecule has 0 saturated carbocycles. The Morgan fingerprint density at radius 2 is 2.05 bits per heavy atom. The molecule has 0 spiro atoms. The normalized spacial score (nSPS) is 9.20. The van der Waals surface area contributed by atoms with E-state index in [-0.39, 0.29) is 13.0 Å². The summed E-state index contributed by atoms with van der Waals surface area (Å²) in [6.07, 6.45) is -0.0291. The summed E-state index contributed by atoms with van der Waals surface area (Å²) in [6, 6.07) is 8.46. The first kappa shape index (κ1) is 15.2. The van der Waals surface area contributed by atoms with Crippen LogP contribution in [0.3, 0.4) is 0 Å². The van der Waals surface area contributed by atoms with Gasteiger partial charge in [-0.2, -0.15) is 5.26 Å². The lowest BCUT2D eigenvalue weighted by Gasteiger charge is -2.06. The number of nitriles is 1. The number of rotatable bonds is 3. The van der Waals surface area contributed by atoms with E-state index in [1.807, 2.05) is 11.5 Å². The average molecular weight is 275 g/mol. The molecule has 0 aliphatic rings. The minimum Gasteiger partial charge on any atom is -0.459 e. The Bertz CT molecular complexity index is 563. The van der Waals surface area contributed by atoms with E-state index < -0.39 is 17.8 Å². The number of benzene rings is 1. The third-order valence-corrected chi connectivity index (χ3v) is 2.20. The van der Waals surface area contributed by atoms with Crippen molar-refractivity contribution in [3.63, 3.8) is 0 Å². The summed E-state index contributed by atoms with van der Waals surface area (Å²) in [5.74, 6) is -2.64. The highest BCUT2D eigenvalue weighted by molar-refractivity contribution is 6.32. The van der Waals surface area contributed by atoms with E-state index in [0.717, 1.165) is 0 Å². The molecule has 2 amide bonds. The van der Waals surface area contributed by atoms with Crippen molar-refractivity contribution in [3.05, 3.63) is 35.4 Å². The predicted molar refractivity (Wildman–Crippen MR) is 67.8 cm³/mol. The standard InChI is InChI=1S/C13H13N3O4/c1-2-20-13(19)12(18)16-15-11(17)7-9-4-3-5-10(6-9)8-14/h3-6H,2,7H2,1H3,(H,15,17)(H,16,18). The van der Waals surface area contributed by atoms with Gasteiger partial charge >= 0.3 is 11.9 Å². The van der Waals surface area contributed by atoms with Crippen molar-refractivity contribution in [2.24, 2.45) is 0 Å². The van der Waals surface area contributed by atoms with Gasteiger partial charge in [0, 0.05) is 0 Å². The van der Waals surface area contributed by atoms with Crippen molar-refractivity contribution in [2.75, 3.05) is 6.61 Å². The van der Waals surface area contributed by atoms with Crippen LogP contribution in [0.1, 0.15) is 18.1 Å². The second-order valence-corrected chi connectivity index (χ2v) is 3.71. The van der Waals surface area contributed by atoms with Gasteiger partial charge in [-0.15, -0.1) is 0 Å². The van der Waals surface area contributed by atoms with Crippen molar-refractivity contribution < 1.29 is 19.1 Å². The third kappa shape index (κ3) is 4.78. The molecule has 0 unspecified atom stereocenters. The summed E-state index contributed by atoms with van der Waals surface area (Å²) < 4.78 is 4.45. The quantitative estimate of drug-likeness (QED) is 0.451. The van der Waals surface area contributed by atoms with Gasteiger partial charge in [0.25, 0.3) is 0 Å². The number of nitrogens with zero attached hydrogens (tertiary/aromatic N) is 1. The Morgan fingerprint density at radius 1 is 1.30 bits per heavy atom. The molecule has 0 saturated heterocycles. The molecule has 0 radical (unpaired) electrons. The highest BCUT2D eigenvalue weighted by atomic mass is 16.5. The molecule has 7 nitrogen and oxygen atoms in total. The van der Waals surface area contributed by atoms with Crippen LogP contribution in [0.4, 0.5) is 0 Å². The Morgan fingerprint density at radius 3 is 2.70 bits per heavy atom. The van der Waals surface area contributed by atoms with Crippen molar-refractivity contribution in [1.29, 1.82) is 5.26 Å². The first-order valence-electron chi connectivity index (χ1n) is 5.81. The van der Waals surface area contributed by atoms with Gasteiger partial charge in [-0.3, -0.25) is 20.4 Å². The number of hydrogen-bond donors (Lipinski definition) is 2. The van der Waals surface area contributed by atoms with E-state index in [4.69, 9.17) is 5.26 Å². The van der Waals surface area contributed by atoms with Gasteiger partial charge < -0.3 is 4.74 Å². The molecule has 2 N–H and O–H groups in total. The summed E-state index contributed by atoms with van der Waals surface area (Å²) in [4.78, 5) is 33.7. The van der Waals surface area contributed by atoms with Gasteiger partial charge in [0.1, 0.15) is 0 Å². The van der Waals surface area contributed by atoms with Gasteiger partial charge in [-0.05, 0) is 24.6 Å². The molecule has 0 atom stereocenters. The smallest absolute Gasteiger partial charge is 0.398 e. The number of hydrazine groups is 1.